The minimum Gasteiger partial charge on any atom is -0.327 e. The molecule has 0 aromatic rings. The molecule has 2 saturated carbocycles. The lowest BCUT2D eigenvalue weighted by molar-refractivity contribution is 0.346. The van der Waals surface area contributed by atoms with Crippen LogP contribution in [0.25, 0.3) is 0 Å². The van der Waals surface area contributed by atoms with E-state index in [1.54, 1.807) is 0 Å². The van der Waals surface area contributed by atoms with Crippen LogP contribution in [0.4, 0.5) is 0 Å². The molecular formula is C11H21N. The summed E-state index contributed by atoms with van der Waals surface area (Å²) in [5, 5.41) is 0. The third-order valence-corrected chi connectivity index (χ3v) is 3.61. The van der Waals surface area contributed by atoms with Crippen molar-refractivity contribution in [3.05, 3.63) is 0 Å². The van der Waals surface area contributed by atoms with Gasteiger partial charge in [-0.1, -0.05) is 25.7 Å². The molecule has 0 aromatic carbocycles. The zero-order valence-corrected chi connectivity index (χ0v) is 7.97. The fraction of sp³-hybridized carbons (Fsp3) is 1.00. The first-order valence-electron chi connectivity index (χ1n) is 5.63. The number of nitrogens with two attached hydrogens (primary N) is 1. The van der Waals surface area contributed by atoms with Gasteiger partial charge >= 0.3 is 0 Å². The fourth-order valence-electron chi connectivity index (χ4n) is 2.56. The maximum absolute atomic E-state index is 6.22. The van der Waals surface area contributed by atoms with Crippen LogP contribution in [0, 0.1) is 11.8 Å². The SMILES string of the molecule is NC(C1CCCCCC1)C1CC1. The van der Waals surface area contributed by atoms with E-state index in [9.17, 15) is 0 Å². The van der Waals surface area contributed by atoms with Crippen molar-refractivity contribution in [3.8, 4) is 0 Å². The topological polar surface area (TPSA) is 26.0 Å². The molecule has 2 N–H and O–H groups in total. The standard InChI is InChI=1S/C11H21N/c12-11(10-7-8-10)9-5-3-1-2-4-6-9/h9-11H,1-8,12H2. The van der Waals surface area contributed by atoms with Crippen molar-refractivity contribution in [1.82, 2.24) is 0 Å². The molecule has 0 heterocycles. The molecule has 0 aromatic heterocycles. The van der Waals surface area contributed by atoms with E-state index in [4.69, 9.17) is 5.73 Å². The van der Waals surface area contributed by atoms with E-state index < -0.39 is 0 Å². The summed E-state index contributed by atoms with van der Waals surface area (Å²) in [4.78, 5) is 0. The van der Waals surface area contributed by atoms with Crippen molar-refractivity contribution >= 4 is 0 Å². The number of rotatable bonds is 2. The smallest absolute Gasteiger partial charge is 0.00956 e. The summed E-state index contributed by atoms with van der Waals surface area (Å²) in [6.07, 6.45) is 11.4. The quantitative estimate of drug-likeness (QED) is 0.629. The highest BCUT2D eigenvalue weighted by Gasteiger charge is 2.33. The third kappa shape index (κ3) is 2.01. The molecule has 2 aliphatic rings. The fourth-order valence-corrected chi connectivity index (χ4v) is 2.56. The van der Waals surface area contributed by atoms with Gasteiger partial charge in [0.25, 0.3) is 0 Å². The Kier molecular flexibility index (Phi) is 2.69. The summed E-state index contributed by atoms with van der Waals surface area (Å²) in [6.45, 7) is 0. The summed E-state index contributed by atoms with van der Waals surface area (Å²) in [7, 11) is 0. The molecule has 0 bridgehead atoms. The maximum atomic E-state index is 6.22. The van der Waals surface area contributed by atoms with E-state index >= 15 is 0 Å². The van der Waals surface area contributed by atoms with Gasteiger partial charge in [-0.15, -0.1) is 0 Å². The Morgan fingerprint density at radius 1 is 0.750 bits per heavy atom. The van der Waals surface area contributed by atoms with Gasteiger partial charge in [0.1, 0.15) is 0 Å². The number of hydrogen-bond donors (Lipinski definition) is 1. The van der Waals surface area contributed by atoms with E-state index in [1.807, 2.05) is 0 Å². The Hall–Kier alpha value is -0.0400. The van der Waals surface area contributed by atoms with Crippen LogP contribution in [0.2, 0.25) is 0 Å². The van der Waals surface area contributed by atoms with E-state index in [1.165, 1.54) is 51.4 Å². The molecule has 0 aliphatic heterocycles. The van der Waals surface area contributed by atoms with Crippen LogP contribution in [0.1, 0.15) is 51.4 Å². The molecule has 1 unspecified atom stereocenters. The first-order valence-corrected chi connectivity index (χ1v) is 5.63. The van der Waals surface area contributed by atoms with E-state index in [0.717, 1.165) is 11.8 Å². The Bertz CT molecular complexity index is 132. The molecule has 0 amide bonds. The Labute approximate surface area is 75.7 Å². The second-order valence-corrected chi connectivity index (χ2v) is 4.67. The van der Waals surface area contributed by atoms with Crippen LogP contribution in [0.5, 0.6) is 0 Å². The van der Waals surface area contributed by atoms with Crippen LogP contribution >= 0.6 is 0 Å². The second kappa shape index (κ2) is 3.78. The molecule has 12 heavy (non-hydrogen) atoms. The summed E-state index contributed by atoms with van der Waals surface area (Å²) in [5.41, 5.74) is 6.22. The van der Waals surface area contributed by atoms with Gasteiger partial charge in [-0.25, -0.2) is 0 Å². The van der Waals surface area contributed by atoms with Gasteiger partial charge in [0.15, 0.2) is 0 Å². The minimum absolute atomic E-state index is 0.558. The lowest BCUT2D eigenvalue weighted by atomic mass is 9.89. The molecule has 2 aliphatic carbocycles. The van der Waals surface area contributed by atoms with Gasteiger partial charge in [-0.05, 0) is 37.5 Å². The molecule has 2 fully saturated rings. The zero-order valence-electron chi connectivity index (χ0n) is 7.97. The van der Waals surface area contributed by atoms with Crippen LogP contribution in [0.15, 0.2) is 0 Å². The molecular weight excluding hydrogens is 146 g/mol. The van der Waals surface area contributed by atoms with E-state index in [2.05, 4.69) is 0 Å². The lowest BCUT2D eigenvalue weighted by Crippen LogP contribution is -2.31. The average Bonchev–Trinajstić information content (AvgIpc) is 2.92. The van der Waals surface area contributed by atoms with Crippen molar-refractivity contribution in [2.24, 2.45) is 17.6 Å². The van der Waals surface area contributed by atoms with Crippen molar-refractivity contribution in [1.29, 1.82) is 0 Å². The summed E-state index contributed by atoms with van der Waals surface area (Å²) >= 11 is 0. The average molecular weight is 167 g/mol. The van der Waals surface area contributed by atoms with Gasteiger partial charge in [0.2, 0.25) is 0 Å². The van der Waals surface area contributed by atoms with Crippen molar-refractivity contribution in [2.75, 3.05) is 0 Å². The van der Waals surface area contributed by atoms with Crippen LogP contribution in [0.3, 0.4) is 0 Å². The molecule has 70 valence electrons. The molecule has 1 nitrogen and oxygen atoms in total. The van der Waals surface area contributed by atoms with E-state index in [0.29, 0.717) is 6.04 Å². The predicted octanol–water partition coefficient (Wildman–Crippen LogP) is 2.69. The first-order chi connectivity index (χ1) is 5.88. The summed E-state index contributed by atoms with van der Waals surface area (Å²) in [5.74, 6) is 1.79. The van der Waals surface area contributed by atoms with Gasteiger partial charge in [0.05, 0.1) is 0 Å². The second-order valence-electron chi connectivity index (χ2n) is 4.67. The molecule has 1 atom stereocenters. The summed E-state index contributed by atoms with van der Waals surface area (Å²) in [6, 6.07) is 0.558. The molecule has 2 rings (SSSR count). The van der Waals surface area contributed by atoms with Gasteiger partial charge in [-0.2, -0.15) is 0 Å². The van der Waals surface area contributed by atoms with Crippen LogP contribution in [-0.4, -0.2) is 6.04 Å². The van der Waals surface area contributed by atoms with Gasteiger partial charge in [-0.3, -0.25) is 0 Å². The van der Waals surface area contributed by atoms with Crippen molar-refractivity contribution in [2.45, 2.75) is 57.4 Å². The normalized spacial score (nSPS) is 29.8. The highest BCUT2D eigenvalue weighted by atomic mass is 14.7. The third-order valence-electron chi connectivity index (χ3n) is 3.61. The first kappa shape index (κ1) is 8.55. The molecule has 0 saturated heterocycles. The predicted molar refractivity (Wildman–Crippen MR) is 51.9 cm³/mol. The van der Waals surface area contributed by atoms with Crippen LogP contribution < -0.4 is 5.73 Å². The van der Waals surface area contributed by atoms with E-state index in [-0.39, 0.29) is 0 Å². The van der Waals surface area contributed by atoms with Crippen molar-refractivity contribution < 1.29 is 0 Å². The zero-order chi connectivity index (χ0) is 8.39. The molecule has 0 spiro atoms. The van der Waals surface area contributed by atoms with Crippen molar-refractivity contribution in [3.63, 3.8) is 0 Å². The minimum atomic E-state index is 0.558. The summed E-state index contributed by atoms with van der Waals surface area (Å²) < 4.78 is 0. The highest BCUT2D eigenvalue weighted by molar-refractivity contribution is 4.89. The number of hydrogen-bond acceptors (Lipinski definition) is 1. The lowest BCUT2D eigenvalue weighted by Gasteiger charge is -2.21. The van der Waals surface area contributed by atoms with Gasteiger partial charge < -0.3 is 5.73 Å². The maximum Gasteiger partial charge on any atom is 0.00956 e. The Balaban J connectivity index is 1.82. The molecule has 0 radical (unpaired) electrons. The Morgan fingerprint density at radius 3 is 1.75 bits per heavy atom. The van der Waals surface area contributed by atoms with Gasteiger partial charge in [0, 0.05) is 6.04 Å². The monoisotopic (exact) mass is 167 g/mol. The molecule has 1 heteroatoms. The highest BCUT2D eigenvalue weighted by Crippen LogP contribution is 2.38. The van der Waals surface area contributed by atoms with Crippen LogP contribution in [-0.2, 0) is 0 Å². The largest absolute Gasteiger partial charge is 0.327 e. The Morgan fingerprint density at radius 2 is 1.25 bits per heavy atom.